The van der Waals surface area contributed by atoms with Crippen LogP contribution in [0.3, 0.4) is 0 Å². The van der Waals surface area contributed by atoms with Crippen LogP contribution in [0.15, 0.2) is 33.9 Å². The van der Waals surface area contributed by atoms with Crippen molar-refractivity contribution in [2.75, 3.05) is 19.3 Å². The summed E-state index contributed by atoms with van der Waals surface area (Å²) in [4.78, 5) is 50.6. The van der Waals surface area contributed by atoms with Gasteiger partial charge < -0.3 is 11.1 Å². The summed E-state index contributed by atoms with van der Waals surface area (Å²) in [6.45, 7) is 0.407. The largest absolute Gasteiger partial charge is 0.384 e. The van der Waals surface area contributed by atoms with Crippen molar-refractivity contribution in [2.24, 2.45) is 14.1 Å². The zero-order valence-electron chi connectivity index (χ0n) is 16.8. The summed E-state index contributed by atoms with van der Waals surface area (Å²) in [5, 5.41) is 2.94. The standard InChI is InChI=1S/C20H25N5O4/c1-23(10-12-4-6-13(7-5-12)18(27)22-14-8-9-14)11-15(26)16-17(21)24(2)20(29)25(3)19(16)28/h4-7,14H,8-11,21H2,1-3H3,(H,22,27). The predicted octanol–water partition coefficient (Wildman–Crippen LogP) is -0.127. The van der Waals surface area contributed by atoms with Crippen LogP contribution in [0.1, 0.15) is 39.1 Å². The minimum atomic E-state index is -0.699. The second-order valence-corrected chi connectivity index (χ2v) is 7.51. The quantitative estimate of drug-likeness (QED) is 0.626. The molecule has 1 aliphatic rings. The summed E-state index contributed by atoms with van der Waals surface area (Å²) in [7, 11) is 4.47. The number of anilines is 1. The number of hydrogen-bond donors (Lipinski definition) is 2. The van der Waals surface area contributed by atoms with Crippen molar-refractivity contribution in [3.05, 3.63) is 61.8 Å². The second-order valence-electron chi connectivity index (χ2n) is 7.51. The third-order valence-electron chi connectivity index (χ3n) is 4.98. The Labute approximate surface area is 167 Å². The number of benzene rings is 1. The molecule has 1 saturated carbocycles. The molecule has 0 unspecified atom stereocenters. The van der Waals surface area contributed by atoms with Crippen LogP contribution >= 0.6 is 0 Å². The molecule has 1 aromatic carbocycles. The Morgan fingerprint density at radius 1 is 1.14 bits per heavy atom. The molecular weight excluding hydrogens is 374 g/mol. The van der Waals surface area contributed by atoms with Gasteiger partial charge in [0.1, 0.15) is 11.4 Å². The van der Waals surface area contributed by atoms with Gasteiger partial charge in [-0.25, -0.2) is 4.79 Å². The molecule has 9 heteroatoms. The number of nitrogens with two attached hydrogens (primary N) is 1. The van der Waals surface area contributed by atoms with Crippen LogP contribution in [0.5, 0.6) is 0 Å². The van der Waals surface area contributed by atoms with E-state index in [2.05, 4.69) is 5.32 Å². The number of amides is 1. The number of carbonyl (C=O) groups excluding carboxylic acids is 2. The van der Waals surface area contributed by atoms with Gasteiger partial charge in [0.15, 0.2) is 5.78 Å². The summed E-state index contributed by atoms with van der Waals surface area (Å²) in [5.74, 6) is -0.673. The molecule has 0 atom stereocenters. The molecule has 0 saturated heterocycles. The zero-order valence-corrected chi connectivity index (χ0v) is 16.8. The van der Waals surface area contributed by atoms with Crippen molar-refractivity contribution in [1.29, 1.82) is 0 Å². The first-order chi connectivity index (χ1) is 13.7. The van der Waals surface area contributed by atoms with Gasteiger partial charge in [0, 0.05) is 32.2 Å². The van der Waals surface area contributed by atoms with Gasteiger partial charge >= 0.3 is 5.69 Å². The topological polar surface area (TPSA) is 119 Å². The van der Waals surface area contributed by atoms with Crippen LogP contribution in [-0.4, -0.2) is 45.4 Å². The van der Waals surface area contributed by atoms with Crippen molar-refractivity contribution < 1.29 is 9.59 Å². The lowest BCUT2D eigenvalue weighted by Gasteiger charge is -2.17. The van der Waals surface area contributed by atoms with Crippen LogP contribution in [0.25, 0.3) is 0 Å². The van der Waals surface area contributed by atoms with E-state index < -0.39 is 17.0 Å². The molecule has 1 aliphatic carbocycles. The molecule has 1 fully saturated rings. The summed E-state index contributed by atoms with van der Waals surface area (Å²) in [6.07, 6.45) is 2.07. The van der Waals surface area contributed by atoms with Crippen LogP contribution in [-0.2, 0) is 20.6 Å². The molecule has 29 heavy (non-hydrogen) atoms. The molecule has 1 aromatic heterocycles. The van der Waals surface area contributed by atoms with Crippen LogP contribution < -0.4 is 22.3 Å². The zero-order chi connectivity index (χ0) is 21.3. The van der Waals surface area contributed by atoms with Gasteiger partial charge in [0.05, 0.1) is 6.54 Å². The van der Waals surface area contributed by atoms with Crippen molar-refractivity contribution in [3.63, 3.8) is 0 Å². The van der Waals surface area contributed by atoms with E-state index in [1.807, 2.05) is 12.1 Å². The Kier molecular flexibility index (Phi) is 5.69. The molecule has 3 N–H and O–H groups in total. The first-order valence-corrected chi connectivity index (χ1v) is 9.36. The van der Waals surface area contributed by atoms with E-state index >= 15 is 0 Å². The maximum atomic E-state index is 12.7. The number of nitrogen functional groups attached to an aromatic ring is 1. The Morgan fingerprint density at radius 3 is 2.34 bits per heavy atom. The van der Waals surface area contributed by atoms with E-state index in [-0.39, 0.29) is 23.8 Å². The number of likely N-dealkylation sites (N-methyl/N-ethyl adjacent to an activating group) is 1. The summed E-state index contributed by atoms with van der Waals surface area (Å²) >= 11 is 0. The lowest BCUT2D eigenvalue weighted by Crippen LogP contribution is -2.43. The third-order valence-corrected chi connectivity index (χ3v) is 4.98. The third kappa shape index (κ3) is 4.45. The molecule has 154 valence electrons. The highest BCUT2D eigenvalue weighted by atomic mass is 16.2. The van der Waals surface area contributed by atoms with Crippen molar-refractivity contribution in [2.45, 2.75) is 25.4 Å². The van der Waals surface area contributed by atoms with Gasteiger partial charge in [-0.05, 0) is 37.6 Å². The summed E-state index contributed by atoms with van der Waals surface area (Å²) in [6, 6.07) is 7.48. The smallest absolute Gasteiger partial charge is 0.332 e. The second kappa shape index (κ2) is 8.04. The minimum Gasteiger partial charge on any atom is -0.384 e. The number of nitrogens with zero attached hydrogens (tertiary/aromatic N) is 3. The maximum Gasteiger partial charge on any atom is 0.332 e. The monoisotopic (exact) mass is 399 g/mol. The first-order valence-electron chi connectivity index (χ1n) is 9.36. The van der Waals surface area contributed by atoms with Gasteiger partial charge in [-0.3, -0.25) is 28.4 Å². The van der Waals surface area contributed by atoms with E-state index in [1.165, 1.54) is 14.1 Å². The molecule has 3 rings (SSSR count). The predicted molar refractivity (Wildman–Crippen MR) is 109 cm³/mol. The van der Waals surface area contributed by atoms with E-state index in [4.69, 9.17) is 5.73 Å². The van der Waals surface area contributed by atoms with Crippen molar-refractivity contribution >= 4 is 17.5 Å². The molecule has 1 amide bonds. The van der Waals surface area contributed by atoms with E-state index in [9.17, 15) is 19.2 Å². The molecule has 0 radical (unpaired) electrons. The molecule has 0 aliphatic heterocycles. The van der Waals surface area contributed by atoms with Crippen LogP contribution in [0.4, 0.5) is 5.82 Å². The molecule has 1 heterocycles. The SMILES string of the molecule is CN(CC(=O)c1c(N)n(C)c(=O)n(C)c1=O)Cc1ccc(C(=O)NC2CC2)cc1. The Balaban J connectivity index is 1.67. The van der Waals surface area contributed by atoms with Crippen molar-refractivity contribution in [3.8, 4) is 0 Å². The van der Waals surface area contributed by atoms with Crippen LogP contribution in [0.2, 0.25) is 0 Å². The Hall–Kier alpha value is -3.20. The summed E-state index contributed by atoms with van der Waals surface area (Å²) < 4.78 is 1.95. The number of carbonyl (C=O) groups is 2. The molecule has 0 spiro atoms. The van der Waals surface area contributed by atoms with E-state index in [0.29, 0.717) is 18.2 Å². The number of aromatic nitrogens is 2. The van der Waals surface area contributed by atoms with Crippen molar-refractivity contribution in [1.82, 2.24) is 19.4 Å². The minimum absolute atomic E-state index is 0.0401. The van der Waals surface area contributed by atoms with Crippen LogP contribution in [0, 0.1) is 0 Å². The fraction of sp³-hybridized carbons (Fsp3) is 0.400. The normalized spacial score (nSPS) is 13.5. The Bertz CT molecular complexity index is 1060. The lowest BCUT2D eigenvalue weighted by atomic mass is 10.1. The molecule has 2 aromatic rings. The number of nitrogens with one attached hydrogen (secondary N) is 1. The van der Waals surface area contributed by atoms with E-state index in [0.717, 1.165) is 27.5 Å². The van der Waals surface area contributed by atoms with Gasteiger partial charge in [-0.15, -0.1) is 0 Å². The summed E-state index contributed by atoms with van der Waals surface area (Å²) in [5.41, 5.74) is 5.89. The highest BCUT2D eigenvalue weighted by Crippen LogP contribution is 2.19. The number of Topliss-reactive ketones (excluding diaryl/α,β-unsaturated/α-hetero) is 1. The number of ketones is 1. The maximum absolute atomic E-state index is 12.7. The fourth-order valence-corrected chi connectivity index (χ4v) is 3.07. The van der Waals surface area contributed by atoms with Gasteiger partial charge in [-0.1, -0.05) is 12.1 Å². The lowest BCUT2D eigenvalue weighted by molar-refractivity contribution is 0.0937. The first kappa shape index (κ1) is 20.5. The Morgan fingerprint density at radius 2 is 1.76 bits per heavy atom. The highest BCUT2D eigenvalue weighted by Gasteiger charge is 2.24. The van der Waals surface area contributed by atoms with Gasteiger partial charge in [0.25, 0.3) is 11.5 Å². The fourth-order valence-electron chi connectivity index (χ4n) is 3.07. The highest BCUT2D eigenvalue weighted by molar-refractivity contribution is 6.01. The number of rotatable bonds is 7. The average molecular weight is 399 g/mol. The molecule has 0 bridgehead atoms. The molecular formula is C20H25N5O4. The average Bonchev–Trinajstić information content (AvgIpc) is 3.49. The van der Waals surface area contributed by atoms with Gasteiger partial charge in [-0.2, -0.15) is 0 Å². The molecule has 9 nitrogen and oxygen atoms in total. The van der Waals surface area contributed by atoms with E-state index in [1.54, 1.807) is 24.1 Å². The number of hydrogen-bond acceptors (Lipinski definition) is 6. The van der Waals surface area contributed by atoms with Gasteiger partial charge in [0.2, 0.25) is 0 Å².